The molecule has 0 saturated heterocycles. The Kier molecular flexibility index (Phi) is 3.18. The molecule has 0 unspecified atom stereocenters. The van der Waals surface area contributed by atoms with Gasteiger partial charge in [-0.05, 0) is 5.56 Å². The number of hydrogen-bond donors (Lipinski definition) is 1. The molecule has 0 spiro atoms. The quantitative estimate of drug-likeness (QED) is 0.583. The Hall–Kier alpha value is -1.90. The monoisotopic (exact) mass is 190 g/mol. The zero-order chi connectivity index (χ0) is 10.6. The van der Waals surface area contributed by atoms with Gasteiger partial charge in [-0.15, -0.1) is 0 Å². The first-order valence-corrected chi connectivity index (χ1v) is 4.11. The SMILES string of the molecule is C=Cc1ccccc1C(=O)CC(=O)O. The molecule has 0 bridgehead atoms. The molecule has 14 heavy (non-hydrogen) atoms. The van der Waals surface area contributed by atoms with Crippen molar-refractivity contribution in [1.82, 2.24) is 0 Å². The molecular formula is C11H10O3. The Morgan fingerprint density at radius 2 is 2.00 bits per heavy atom. The Bertz CT molecular complexity index is 380. The van der Waals surface area contributed by atoms with E-state index in [0.29, 0.717) is 11.1 Å². The van der Waals surface area contributed by atoms with E-state index < -0.39 is 18.2 Å². The molecule has 0 heterocycles. The average Bonchev–Trinajstić information content (AvgIpc) is 2.16. The van der Waals surface area contributed by atoms with Crippen molar-refractivity contribution in [2.24, 2.45) is 0 Å². The standard InChI is InChI=1S/C11H10O3/c1-2-8-5-3-4-6-9(8)10(12)7-11(13)14/h2-6H,1,7H2,(H,13,14). The van der Waals surface area contributed by atoms with Crippen LogP contribution in [0.3, 0.4) is 0 Å². The van der Waals surface area contributed by atoms with Gasteiger partial charge in [-0.25, -0.2) is 0 Å². The van der Waals surface area contributed by atoms with Crippen LogP contribution in [0.2, 0.25) is 0 Å². The van der Waals surface area contributed by atoms with Crippen LogP contribution < -0.4 is 0 Å². The molecule has 3 heteroatoms. The van der Waals surface area contributed by atoms with Crippen molar-refractivity contribution in [1.29, 1.82) is 0 Å². The van der Waals surface area contributed by atoms with Gasteiger partial charge in [0, 0.05) is 5.56 Å². The molecule has 0 saturated carbocycles. The molecule has 0 aliphatic heterocycles. The Morgan fingerprint density at radius 3 is 2.57 bits per heavy atom. The number of carboxylic acids is 1. The summed E-state index contributed by atoms with van der Waals surface area (Å²) in [6.45, 7) is 3.55. The maximum Gasteiger partial charge on any atom is 0.311 e. The summed E-state index contributed by atoms with van der Waals surface area (Å²) in [5, 5.41) is 8.46. The van der Waals surface area contributed by atoms with Crippen molar-refractivity contribution < 1.29 is 14.7 Å². The molecule has 1 rings (SSSR count). The van der Waals surface area contributed by atoms with Crippen LogP contribution in [0, 0.1) is 0 Å². The van der Waals surface area contributed by atoms with Gasteiger partial charge in [0.25, 0.3) is 0 Å². The van der Waals surface area contributed by atoms with Gasteiger partial charge in [0.2, 0.25) is 0 Å². The third kappa shape index (κ3) is 2.29. The molecule has 0 aromatic heterocycles. The third-order valence-electron chi connectivity index (χ3n) is 1.79. The minimum atomic E-state index is -1.12. The van der Waals surface area contributed by atoms with Crippen LogP contribution >= 0.6 is 0 Å². The third-order valence-corrected chi connectivity index (χ3v) is 1.79. The minimum Gasteiger partial charge on any atom is -0.481 e. The van der Waals surface area contributed by atoms with Crippen molar-refractivity contribution in [2.45, 2.75) is 6.42 Å². The molecular weight excluding hydrogens is 180 g/mol. The number of carbonyl (C=O) groups is 2. The fourth-order valence-electron chi connectivity index (χ4n) is 1.16. The lowest BCUT2D eigenvalue weighted by Gasteiger charge is -2.02. The van der Waals surface area contributed by atoms with Crippen molar-refractivity contribution in [3.63, 3.8) is 0 Å². The number of hydrogen-bond acceptors (Lipinski definition) is 2. The first-order chi connectivity index (χ1) is 6.65. The Morgan fingerprint density at radius 1 is 1.36 bits per heavy atom. The van der Waals surface area contributed by atoms with Crippen LogP contribution in [0.5, 0.6) is 0 Å². The Labute approximate surface area is 81.7 Å². The summed E-state index contributed by atoms with van der Waals surface area (Å²) < 4.78 is 0. The number of Topliss-reactive ketones (excluding diaryl/α,β-unsaturated/α-hetero) is 1. The Balaban J connectivity index is 2.99. The molecule has 0 aliphatic carbocycles. The van der Waals surface area contributed by atoms with Crippen molar-refractivity contribution >= 4 is 17.8 Å². The zero-order valence-electron chi connectivity index (χ0n) is 7.56. The molecule has 72 valence electrons. The lowest BCUT2D eigenvalue weighted by Crippen LogP contribution is -2.08. The molecule has 0 radical (unpaired) electrons. The lowest BCUT2D eigenvalue weighted by atomic mass is 10.0. The summed E-state index contributed by atoms with van der Waals surface area (Å²) in [6, 6.07) is 6.79. The van der Waals surface area contributed by atoms with Crippen LogP contribution in [-0.2, 0) is 4.79 Å². The molecule has 1 N–H and O–H groups in total. The summed E-state index contributed by atoms with van der Waals surface area (Å²) in [5.41, 5.74) is 1.07. The summed E-state index contributed by atoms with van der Waals surface area (Å²) in [7, 11) is 0. The second-order valence-electron chi connectivity index (χ2n) is 2.79. The van der Waals surface area contributed by atoms with Gasteiger partial charge in [0.1, 0.15) is 6.42 Å². The number of carboxylic acid groups (broad SMARTS) is 1. The van der Waals surface area contributed by atoms with Crippen molar-refractivity contribution in [2.75, 3.05) is 0 Å². The number of aliphatic carboxylic acids is 1. The number of ketones is 1. The summed E-state index contributed by atoms with van der Waals surface area (Å²) in [5.74, 6) is -1.51. The van der Waals surface area contributed by atoms with Gasteiger partial charge in [-0.2, -0.15) is 0 Å². The van der Waals surface area contributed by atoms with Gasteiger partial charge < -0.3 is 5.11 Å². The van der Waals surface area contributed by atoms with E-state index in [4.69, 9.17) is 5.11 Å². The number of benzene rings is 1. The molecule has 1 aromatic carbocycles. The molecule has 3 nitrogen and oxygen atoms in total. The normalized spacial score (nSPS) is 9.43. The predicted octanol–water partition coefficient (Wildman–Crippen LogP) is 1.99. The smallest absolute Gasteiger partial charge is 0.311 e. The highest BCUT2D eigenvalue weighted by atomic mass is 16.4. The van der Waals surface area contributed by atoms with E-state index in [9.17, 15) is 9.59 Å². The van der Waals surface area contributed by atoms with Gasteiger partial charge in [0.15, 0.2) is 5.78 Å². The topological polar surface area (TPSA) is 54.4 Å². The van der Waals surface area contributed by atoms with Crippen LogP contribution in [-0.4, -0.2) is 16.9 Å². The first-order valence-electron chi connectivity index (χ1n) is 4.11. The maximum atomic E-state index is 11.4. The van der Waals surface area contributed by atoms with Gasteiger partial charge in [0.05, 0.1) is 0 Å². The van der Waals surface area contributed by atoms with Crippen LogP contribution in [0.25, 0.3) is 6.08 Å². The summed E-state index contributed by atoms with van der Waals surface area (Å²) >= 11 is 0. The van der Waals surface area contributed by atoms with E-state index >= 15 is 0 Å². The van der Waals surface area contributed by atoms with Crippen molar-refractivity contribution in [3.8, 4) is 0 Å². The maximum absolute atomic E-state index is 11.4. The van der Waals surface area contributed by atoms with E-state index in [1.165, 1.54) is 6.08 Å². The van der Waals surface area contributed by atoms with Gasteiger partial charge >= 0.3 is 5.97 Å². The van der Waals surface area contributed by atoms with Gasteiger partial charge in [-0.3, -0.25) is 9.59 Å². The van der Waals surface area contributed by atoms with E-state index in [-0.39, 0.29) is 0 Å². The fourth-order valence-corrected chi connectivity index (χ4v) is 1.16. The summed E-state index contributed by atoms with van der Waals surface area (Å²) in [4.78, 5) is 21.7. The average molecular weight is 190 g/mol. The van der Waals surface area contributed by atoms with Gasteiger partial charge in [-0.1, -0.05) is 36.9 Å². The summed E-state index contributed by atoms with van der Waals surface area (Å²) in [6.07, 6.45) is 1.06. The molecule has 0 atom stereocenters. The fraction of sp³-hybridized carbons (Fsp3) is 0.0909. The van der Waals surface area contributed by atoms with E-state index in [0.717, 1.165) is 0 Å². The van der Waals surface area contributed by atoms with Crippen LogP contribution in [0.4, 0.5) is 0 Å². The van der Waals surface area contributed by atoms with Crippen molar-refractivity contribution in [3.05, 3.63) is 42.0 Å². The lowest BCUT2D eigenvalue weighted by molar-refractivity contribution is -0.135. The largest absolute Gasteiger partial charge is 0.481 e. The highest BCUT2D eigenvalue weighted by Gasteiger charge is 2.12. The number of carbonyl (C=O) groups excluding carboxylic acids is 1. The number of rotatable bonds is 4. The van der Waals surface area contributed by atoms with E-state index in [1.807, 2.05) is 0 Å². The molecule has 1 aromatic rings. The highest BCUT2D eigenvalue weighted by molar-refractivity contribution is 6.07. The first kappa shape index (κ1) is 10.2. The van der Waals surface area contributed by atoms with Crippen LogP contribution in [0.1, 0.15) is 22.3 Å². The molecule has 0 fully saturated rings. The van der Waals surface area contributed by atoms with E-state index in [1.54, 1.807) is 24.3 Å². The molecule has 0 amide bonds. The van der Waals surface area contributed by atoms with E-state index in [2.05, 4.69) is 6.58 Å². The second kappa shape index (κ2) is 4.37. The zero-order valence-corrected chi connectivity index (χ0v) is 7.56. The van der Waals surface area contributed by atoms with Crippen LogP contribution in [0.15, 0.2) is 30.8 Å². The minimum absolute atomic E-state index is 0.395. The molecule has 0 aliphatic rings. The predicted molar refractivity (Wildman–Crippen MR) is 53.1 cm³/mol. The highest BCUT2D eigenvalue weighted by Crippen LogP contribution is 2.12. The second-order valence-corrected chi connectivity index (χ2v) is 2.79.